The van der Waals surface area contributed by atoms with Gasteiger partial charge in [-0.15, -0.1) is 0 Å². The van der Waals surface area contributed by atoms with Crippen LogP contribution in [0.1, 0.15) is 44.4 Å². The number of carbonyl (C=O) groups is 1. The van der Waals surface area contributed by atoms with Gasteiger partial charge < -0.3 is 15.8 Å². The maximum atomic E-state index is 12.4. The third-order valence-corrected chi connectivity index (χ3v) is 4.59. The third-order valence-electron chi connectivity index (χ3n) is 4.59. The van der Waals surface area contributed by atoms with Crippen molar-refractivity contribution in [1.82, 2.24) is 5.32 Å². The van der Waals surface area contributed by atoms with Crippen molar-refractivity contribution in [2.24, 2.45) is 11.7 Å². The van der Waals surface area contributed by atoms with Crippen LogP contribution in [0.4, 0.5) is 0 Å². The SMILES string of the molecule is CC(C)C(C)(CN)NC(=O)CC1OCCc2ccccc21. The highest BCUT2D eigenvalue weighted by Gasteiger charge is 2.30. The van der Waals surface area contributed by atoms with Crippen molar-refractivity contribution in [3.63, 3.8) is 0 Å². The first-order valence-corrected chi connectivity index (χ1v) is 7.67. The van der Waals surface area contributed by atoms with Gasteiger partial charge in [0.2, 0.25) is 5.91 Å². The summed E-state index contributed by atoms with van der Waals surface area (Å²) in [4.78, 5) is 12.4. The van der Waals surface area contributed by atoms with E-state index in [9.17, 15) is 4.79 Å². The topological polar surface area (TPSA) is 64.3 Å². The van der Waals surface area contributed by atoms with Crippen molar-refractivity contribution in [2.45, 2.75) is 45.3 Å². The summed E-state index contributed by atoms with van der Waals surface area (Å²) in [6, 6.07) is 8.19. The fraction of sp³-hybridized carbons (Fsp3) is 0.588. The molecule has 1 amide bonds. The van der Waals surface area contributed by atoms with E-state index in [1.165, 1.54) is 5.56 Å². The molecule has 0 saturated heterocycles. The Morgan fingerprint density at radius 1 is 1.48 bits per heavy atom. The van der Waals surface area contributed by atoms with Gasteiger partial charge >= 0.3 is 0 Å². The van der Waals surface area contributed by atoms with Crippen LogP contribution in [0, 0.1) is 5.92 Å². The molecule has 1 aromatic rings. The third kappa shape index (κ3) is 3.63. The summed E-state index contributed by atoms with van der Waals surface area (Å²) in [6.07, 6.45) is 1.12. The van der Waals surface area contributed by atoms with Crippen molar-refractivity contribution in [3.05, 3.63) is 35.4 Å². The van der Waals surface area contributed by atoms with Crippen molar-refractivity contribution in [1.29, 1.82) is 0 Å². The lowest BCUT2D eigenvalue weighted by Gasteiger charge is -2.34. The Kier molecular flexibility index (Phi) is 5.01. The van der Waals surface area contributed by atoms with Crippen LogP contribution in [-0.2, 0) is 16.0 Å². The molecule has 0 bridgehead atoms. The number of fused-ring (bicyclic) bond motifs is 1. The zero-order valence-electron chi connectivity index (χ0n) is 13.2. The predicted octanol–water partition coefficient (Wildman–Crippen LogP) is 2.18. The molecule has 1 heterocycles. The second kappa shape index (κ2) is 6.58. The lowest BCUT2D eigenvalue weighted by Crippen LogP contribution is -2.55. The second-order valence-corrected chi connectivity index (χ2v) is 6.34. The molecule has 116 valence electrons. The van der Waals surface area contributed by atoms with Gasteiger partial charge in [0.25, 0.3) is 0 Å². The van der Waals surface area contributed by atoms with E-state index < -0.39 is 0 Å². The number of benzene rings is 1. The standard InChI is InChI=1S/C17H26N2O2/c1-12(2)17(3,11-18)19-16(20)10-15-14-7-5-4-6-13(14)8-9-21-15/h4-7,12,15H,8-11,18H2,1-3H3,(H,19,20). The van der Waals surface area contributed by atoms with Crippen LogP contribution in [-0.4, -0.2) is 24.6 Å². The number of nitrogens with one attached hydrogen (secondary N) is 1. The van der Waals surface area contributed by atoms with E-state index in [1.54, 1.807) is 0 Å². The van der Waals surface area contributed by atoms with Crippen LogP contribution < -0.4 is 11.1 Å². The zero-order valence-corrected chi connectivity index (χ0v) is 13.2. The molecule has 3 N–H and O–H groups in total. The van der Waals surface area contributed by atoms with Crippen LogP contribution in [0.25, 0.3) is 0 Å². The van der Waals surface area contributed by atoms with Crippen LogP contribution in [0.2, 0.25) is 0 Å². The van der Waals surface area contributed by atoms with Crippen LogP contribution in [0.15, 0.2) is 24.3 Å². The van der Waals surface area contributed by atoms with Crippen molar-refractivity contribution in [2.75, 3.05) is 13.2 Å². The zero-order chi connectivity index (χ0) is 15.5. The average Bonchev–Trinajstić information content (AvgIpc) is 2.47. The first-order valence-electron chi connectivity index (χ1n) is 7.67. The van der Waals surface area contributed by atoms with Gasteiger partial charge in [-0.05, 0) is 30.4 Å². The number of hydrogen-bond acceptors (Lipinski definition) is 3. The molecular weight excluding hydrogens is 264 g/mol. The molecule has 1 aliphatic heterocycles. The quantitative estimate of drug-likeness (QED) is 0.873. The Balaban J connectivity index is 2.04. The number of ether oxygens (including phenoxy) is 1. The predicted molar refractivity (Wildman–Crippen MR) is 83.9 cm³/mol. The largest absolute Gasteiger partial charge is 0.373 e. The number of hydrogen-bond donors (Lipinski definition) is 2. The number of nitrogens with two attached hydrogens (primary N) is 1. The number of carbonyl (C=O) groups excluding carboxylic acids is 1. The van der Waals surface area contributed by atoms with E-state index in [-0.39, 0.29) is 23.5 Å². The summed E-state index contributed by atoms with van der Waals surface area (Å²) in [5, 5.41) is 3.08. The number of rotatable bonds is 5. The van der Waals surface area contributed by atoms with E-state index in [0.29, 0.717) is 19.6 Å². The summed E-state index contributed by atoms with van der Waals surface area (Å²) in [5.41, 5.74) is 7.87. The van der Waals surface area contributed by atoms with Gasteiger partial charge in [-0.1, -0.05) is 38.1 Å². The Hall–Kier alpha value is -1.39. The molecule has 0 spiro atoms. The molecule has 0 aliphatic carbocycles. The van der Waals surface area contributed by atoms with E-state index in [4.69, 9.17) is 10.5 Å². The van der Waals surface area contributed by atoms with Crippen LogP contribution >= 0.6 is 0 Å². The average molecular weight is 290 g/mol. The minimum absolute atomic E-state index is 0.00152. The smallest absolute Gasteiger partial charge is 0.223 e. The van der Waals surface area contributed by atoms with E-state index in [0.717, 1.165) is 12.0 Å². The minimum Gasteiger partial charge on any atom is -0.373 e. The molecule has 21 heavy (non-hydrogen) atoms. The minimum atomic E-state index is -0.370. The molecule has 0 aromatic heterocycles. The van der Waals surface area contributed by atoms with Crippen molar-refractivity contribution in [3.8, 4) is 0 Å². The molecule has 1 aromatic carbocycles. The summed E-state index contributed by atoms with van der Waals surface area (Å²) in [7, 11) is 0. The summed E-state index contributed by atoms with van der Waals surface area (Å²) < 4.78 is 5.79. The fourth-order valence-corrected chi connectivity index (χ4v) is 2.61. The summed E-state index contributed by atoms with van der Waals surface area (Å²) in [5.74, 6) is 0.282. The molecule has 0 radical (unpaired) electrons. The van der Waals surface area contributed by atoms with Gasteiger partial charge in [0.1, 0.15) is 0 Å². The Labute approximate surface area is 127 Å². The van der Waals surface area contributed by atoms with Gasteiger partial charge in [-0.2, -0.15) is 0 Å². The molecule has 0 fully saturated rings. The van der Waals surface area contributed by atoms with E-state index in [2.05, 4.69) is 31.3 Å². The molecule has 2 atom stereocenters. The molecule has 2 unspecified atom stereocenters. The van der Waals surface area contributed by atoms with Crippen molar-refractivity contribution >= 4 is 5.91 Å². The lowest BCUT2D eigenvalue weighted by atomic mass is 9.88. The van der Waals surface area contributed by atoms with Gasteiger partial charge in [0.05, 0.1) is 24.7 Å². The van der Waals surface area contributed by atoms with E-state index in [1.807, 2.05) is 19.1 Å². The Bertz CT molecular complexity index is 501. The number of amides is 1. The van der Waals surface area contributed by atoms with E-state index >= 15 is 0 Å². The lowest BCUT2D eigenvalue weighted by molar-refractivity contribution is -0.126. The highest BCUT2D eigenvalue weighted by atomic mass is 16.5. The Morgan fingerprint density at radius 3 is 2.86 bits per heavy atom. The van der Waals surface area contributed by atoms with Gasteiger partial charge in [-0.25, -0.2) is 0 Å². The molecule has 4 nitrogen and oxygen atoms in total. The normalized spacial score (nSPS) is 20.7. The summed E-state index contributed by atoms with van der Waals surface area (Å²) >= 11 is 0. The van der Waals surface area contributed by atoms with Crippen molar-refractivity contribution < 1.29 is 9.53 Å². The highest BCUT2D eigenvalue weighted by Crippen LogP contribution is 2.29. The first kappa shape index (κ1) is 16.0. The van der Waals surface area contributed by atoms with Gasteiger partial charge in [-0.3, -0.25) is 4.79 Å². The molecule has 4 heteroatoms. The first-order chi connectivity index (χ1) is 9.96. The fourth-order valence-electron chi connectivity index (χ4n) is 2.61. The molecule has 2 rings (SSSR count). The van der Waals surface area contributed by atoms with Gasteiger partial charge in [0, 0.05) is 6.54 Å². The molecule has 0 saturated carbocycles. The van der Waals surface area contributed by atoms with Crippen LogP contribution in [0.5, 0.6) is 0 Å². The summed E-state index contributed by atoms with van der Waals surface area (Å²) in [6.45, 7) is 7.23. The van der Waals surface area contributed by atoms with Crippen LogP contribution in [0.3, 0.4) is 0 Å². The molecular formula is C17H26N2O2. The van der Waals surface area contributed by atoms with Gasteiger partial charge in [0.15, 0.2) is 0 Å². The molecule has 1 aliphatic rings. The highest BCUT2D eigenvalue weighted by molar-refractivity contribution is 5.77. The monoisotopic (exact) mass is 290 g/mol. The maximum Gasteiger partial charge on any atom is 0.223 e. The maximum absolute atomic E-state index is 12.4. The Morgan fingerprint density at radius 2 is 2.19 bits per heavy atom. The second-order valence-electron chi connectivity index (χ2n) is 6.34.